The smallest absolute Gasteiger partial charge is 0.166 e. The Hall–Kier alpha value is -0.870. The molecule has 2 rings (SSSR count). The minimum absolute atomic E-state index is 0.295. The molecule has 4 heteroatoms. The van der Waals surface area contributed by atoms with Crippen molar-refractivity contribution in [3.05, 3.63) is 23.8 Å². The van der Waals surface area contributed by atoms with E-state index >= 15 is 0 Å². The SMILES string of the molecule is COc1cccc(C2NC(C)CCS2)c1OC. The van der Waals surface area contributed by atoms with Crippen LogP contribution in [0.15, 0.2) is 18.2 Å². The zero-order valence-corrected chi connectivity index (χ0v) is 11.3. The minimum Gasteiger partial charge on any atom is -0.493 e. The first kappa shape index (κ1) is 12.6. The Morgan fingerprint density at radius 1 is 1.29 bits per heavy atom. The average Bonchev–Trinajstić information content (AvgIpc) is 2.37. The molecule has 1 aromatic carbocycles. The van der Waals surface area contributed by atoms with Crippen molar-refractivity contribution in [3.63, 3.8) is 0 Å². The summed E-state index contributed by atoms with van der Waals surface area (Å²) in [4.78, 5) is 0. The third-order valence-electron chi connectivity index (χ3n) is 2.99. The Morgan fingerprint density at radius 2 is 2.12 bits per heavy atom. The zero-order valence-electron chi connectivity index (χ0n) is 10.5. The van der Waals surface area contributed by atoms with Gasteiger partial charge in [-0.15, -0.1) is 11.8 Å². The van der Waals surface area contributed by atoms with E-state index < -0.39 is 0 Å². The van der Waals surface area contributed by atoms with Crippen molar-refractivity contribution >= 4 is 11.8 Å². The van der Waals surface area contributed by atoms with Gasteiger partial charge in [0.1, 0.15) is 0 Å². The second-order valence-corrected chi connectivity index (χ2v) is 5.40. The fraction of sp³-hybridized carbons (Fsp3) is 0.538. The Bertz CT molecular complexity index is 384. The molecule has 0 bridgehead atoms. The molecule has 0 aliphatic carbocycles. The summed E-state index contributed by atoms with van der Waals surface area (Å²) in [5, 5.41) is 3.88. The van der Waals surface area contributed by atoms with Gasteiger partial charge >= 0.3 is 0 Å². The lowest BCUT2D eigenvalue weighted by Gasteiger charge is -2.29. The number of hydrogen-bond donors (Lipinski definition) is 1. The maximum absolute atomic E-state index is 5.48. The molecule has 2 atom stereocenters. The van der Waals surface area contributed by atoms with Gasteiger partial charge < -0.3 is 9.47 Å². The maximum Gasteiger partial charge on any atom is 0.166 e. The summed E-state index contributed by atoms with van der Waals surface area (Å²) in [7, 11) is 3.37. The monoisotopic (exact) mass is 253 g/mol. The van der Waals surface area contributed by atoms with E-state index in [2.05, 4.69) is 18.3 Å². The molecular weight excluding hydrogens is 234 g/mol. The third-order valence-corrected chi connectivity index (χ3v) is 4.18. The van der Waals surface area contributed by atoms with E-state index in [4.69, 9.17) is 9.47 Å². The highest BCUT2D eigenvalue weighted by molar-refractivity contribution is 7.99. The second-order valence-electron chi connectivity index (χ2n) is 4.19. The molecule has 17 heavy (non-hydrogen) atoms. The van der Waals surface area contributed by atoms with Crippen molar-refractivity contribution in [2.24, 2.45) is 0 Å². The van der Waals surface area contributed by atoms with Crippen LogP contribution < -0.4 is 14.8 Å². The van der Waals surface area contributed by atoms with Crippen LogP contribution in [0, 0.1) is 0 Å². The van der Waals surface area contributed by atoms with E-state index in [1.54, 1.807) is 14.2 Å². The third kappa shape index (κ3) is 2.69. The van der Waals surface area contributed by atoms with E-state index in [1.807, 2.05) is 23.9 Å². The highest BCUT2D eigenvalue weighted by atomic mass is 32.2. The van der Waals surface area contributed by atoms with Gasteiger partial charge in [0.2, 0.25) is 0 Å². The summed E-state index contributed by atoms with van der Waals surface area (Å²) >= 11 is 1.92. The van der Waals surface area contributed by atoms with Gasteiger partial charge in [-0.1, -0.05) is 12.1 Å². The Morgan fingerprint density at radius 3 is 2.76 bits per heavy atom. The molecule has 0 amide bonds. The van der Waals surface area contributed by atoms with E-state index in [-0.39, 0.29) is 0 Å². The molecular formula is C13H19NO2S. The molecule has 1 aliphatic rings. The average molecular weight is 253 g/mol. The fourth-order valence-electron chi connectivity index (χ4n) is 2.05. The predicted molar refractivity (Wildman–Crippen MR) is 72.0 cm³/mol. The van der Waals surface area contributed by atoms with Gasteiger partial charge in [0.05, 0.1) is 19.6 Å². The molecule has 1 fully saturated rings. The Balaban J connectivity index is 2.30. The van der Waals surface area contributed by atoms with Crippen LogP contribution in [0.1, 0.15) is 24.3 Å². The van der Waals surface area contributed by atoms with Crippen molar-refractivity contribution in [2.45, 2.75) is 24.8 Å². The normalized spacial score (nSPS) is 24.4. The van der Waals surface area contributed by atoms with Crippen LogP contribution in [0.2, 0.25) is 0 Å². The summed E-state index contributed by atoms with van der Waals surface area (Å²) in [6.07, 6.45) is 1.22. The van der Waals surface area contributed by atoms with Crippen LogP contribution in [0.4, 0.5) is 0 Å². The summed E-state index contributed by atoms with van der Waals surface area (Å²) < 4.78 is 10.8. The molecule has 2 unspecified atom stereocenters. The lowest BCUT2D eigenvalue weighted by Crippen LogP contribution is -2.33. The number of hydrogen-bond acceptors (Lipinski definition) is 4. The van der Waals surface area contributed by atoms with Crippen LogP contribution in [-0.2, 0) is 0 Å². The van der Waals surface area contributed by atoms with E-state index in [0.717, 1.165) is 11.5 Å². The summed E-state index contributed by atoms with van der Waals surface area (Å²) in [6.45, 7) is 2.22. The Kier molecular flexibility index (Phi) is 4.18. The molecule has 0 spiro atoms. The summed E-state index contributed by atoms with van der Waals surface area (Å²) in [6, 6.07) is 6.60. The van der Waals surface area contributed by atoms with Crippen molar-refractivity contribution in [1.82, 2.24) is 5.32 Å². The highest BCUT2D eigenvalue weighted by Gasteiger charge is 2.24. The van der Waals surface area contributed by atoms with Gasteiger partial charge in [0, 0.05) is 11.6 Å². The van der Waals surface area contributed by atoms with Crippen molar-refractivity contribution in [2.75, 3.05) is 20.0 Å². The lowest BCUT2D eigenvalue weighted by molar-refractivity contribution is 0.349. The van der Waals surface area contributed by atoms with Crippen molar-refractivity contribution in [1.29, 1.82) is 0 Å². The molecule has 1 aliphatic heterocycles. The summed E-state index contributed by atoms with van der Waals surface area (Å²) in [5.41, 5.74) is 1.17. The zero-order chi connectivity index (χ0) is 12.3. The first-order valence-electron chi connectivity index (χ1n) is 5.84. The molecule has 94 valence electrons. The van der Waals surface area contributed by atoms with Crippen LogP contribution >= 0.6 is 11.8 Å². The number of methoxy groups -OCH3 is 2. The number of ether oxygens (including phenoxy) is 2. The van der Waals surface area contributed by atoms with E-state index in [9.17, 15) is 0 Å². The van der Waals surface area contributed by atoms with Crippen LogP contribution in [-0.4, -0.2) is 26.0 Å². The highest BCUT2D eigenvalue weighted by Crippen LogP contribution is 2.40. The molecule has 1 aromatic rings. The topological polar surface area (TPSA) is 30.5 Å². The number of thioether (sulfide) groups is 1. The van der Waals surface area contributed by atoms with E-state index in [0.29, 0.717) is 11.4 Å². The Labute approximate surface area is 107 Å². The lowest BCUT2D eigenvalue weighted by atomic mass is 10.1. The van der Waals surface area contributed by atoms with Gasteiger partial charge in [-0.3, -0.25) is 5.32 Å². The number of para-hydroxylation sites is 1. The quantitative estimate of drug-likeness (QED) is 0.897. The van der Waals surface area contributed by atoms with Crippen molar-refractivity contribution < 1.29 is 9.47 Å². The van der Waals surface area contributed by atoms with Gasteiger partial charge in [0.25, 0.3) is 0 Å². The molecule has 3 nitrogen and oxygen atoms in total. The number of benzene rings is 1. The fourth-order valence-corrected chi connectivity index (χ4v) is 3.47. The molecule has 0 aromatic heterocycles. The van der Waals surface area contributed by atoms with Gasteiger partial charge in [-0.25, -0.2) is 0 Å². The summed E-state index contributed by atoms with van der Waals surface area (Å²) in [5.74, 6) is 2.82. The molecule has 1 heterocycles. The maximum atomic E-state index is 5.48. The predicted octanol–water partition coefficient (Wildman–Crippen LogP) is 2.82. The largest absolute Gasteiger partial charge is 0.493 e. The van der Waals surface area contributed by atoms with E-state index in [1.165, 1.54) is 17.7 Å². The standard InChI is InChI=1S/C13H19NO2S/c1-9-7-8-17-13(14-9)10-5-4-6-11(15-2)12(10)16-3/h4-6,9,13-14H,7-8H2,1-3H3. The molecule has 0 radical (unpaired) electrons. The number of rotatable bonds is 3. The van der Waals surface area contributed by atoms with Gasteiger partial charge in [-0.05, 0) is 25.2 Å². The number of nitrogens with one attached hydrogen (secondary N) is 1. The second kappa shape index (κ2) is 5.65. The van der Waals surface area contributed by atoms with Gasteiger partial charge in [-0.2, -0.15) is 0 Å². The molecule has 0 saturated carbocycles. The molecule has 1 N–H and O–H groups in total. The minimum atomic E-state index is 0.295. The van der Waals surface area contributed by atoms with Crippen LogP contribution in [0.3, 0.4) is 0 Å². The van der Waals surface area contributed by atoms with Crippen LogP contribution in [0.25, 0.3) is 0 Å². The van der Waals surface area contributed by atoms with Crippen LogP contribution in [0.5, 0.6) is 11.5 Å². The van der Waals surface area contributed by atoms with Crippen molar-refractivity contribution in [3.8, 4) is 11.5 Å². The van der Waals surface area contributed by atoms with Gasteiger partial charge in [0.15, 0.2) is 11.5 Å². The first-order valence-corrected chi connectivity index (χ1v) is 6.89. The first-order chi connectivity index (χ1) is 8.26. The molecule has 1 saturated heterocycles.